The van der Waals surface area contributed by atoms with Gasteiger partial charge in [0, 0.05) is 24.6 Å². The number of hydrogen-bond acceptors (Lipinski definition) is 3. The number of rotatable bonds is 10. The highest BCUT2D eigenvalue weighted by Crippen LogP contribution is 2.24. The average Bonchev–Trinajstić information content (AvgIpc) is 2.93. The highest BCUT2D eigenvalue weighted by molar-refractivity contribution is 5.88. The van der Waals surface area contributed by atoms with E-state index in [1.165, 1.54) is 17.4 Å². The second-order valence-corrected chi connectivity index (χ2v) is 10.7. The molecule has 39 heavy (non-hydrogen) atoms. The van der Waals surface area contributed by atoms with Crippen LogP contribution in [0.2, 0.25) is 0 Å². The number of hydrogen-bond donors (Lipinski definition) is 1. The summed E-state index contributed by atoms with van der Waals surface area (Å²) in [6.07, 6.45) is 5.51. The van der Waals surface area contributed by atoms with Crippen LogP contribution in [-0.4, -0.2) is 35.4 Å². The van der Waals surface area contributed by atoms with E-state index < -0.39 is 11.9 Å². The van der Waals surface area contributed by atoms with Crippen molar-refractivity contribution in [2.75, 3.05) is 6.61 Å². The summed E-state index contributed by atoms with van der Waals surface area (Å²) in [5.41, 5.74) is 4.37. The zero-order chi connectivity index (χ0) is 27.8. The van der Waals surface area contributed by atoms with Crippen LogP contribution in [0.4, 0.5) is 4.39 Å². The van der Waals surface area contributed by atoms with Gasteiger partial charge in [0.05, 0.1) is 0 Å². The Morgan fingerprint density at radius 2 is 1.67 bits per heavy atom. The van der Waals surface area contributed by atoms with E-state index >= 15 is 0 Å². The quantitative estimate of drug-likeness (QED) is 0.339. The number of carbonyl (C=O) groups excluding carboxylic acids is 2. The summed E-state index contributed by atoms with van der Waals surface area (Å²) in [7, 11) is 0. The molecule has 5 nitrogen and oxygen atoms in total. The van der Waals surface area contributed by atoms with Crippen molar-refractivity contribution in [2.24, 2.45) is 0 Å². The summed E-state index contributed by atoms with van der Waals surface area (Å²) in [6.45, 7) is 5.67. The molecule has 0 aromatic heterocycles. The Balaban J connectivity index is 1.64. The van der Waals surface area contributed by atoms with Crippen molar-refractivity contribution in [2.45, 2.75) is 77.9 Å². The van der Waals surface area contributed by atoms with E-state index in [9.17, 15) is 14.0 Å². The first-order valence-electron chi connectivity index (χ1n) is 13.9. The maximum absolute atomic E-state index is 14.8. The van der Waals surface area contributed by atoms with Crippen molar-refractivity contribution in [1.29, 1.82) is 0 Å². The van der Waals surface area contributed by atoms with Gasteiger partial charge in [-0.3, -0.25) is 9.59 Å². The van der Waals surface area contributed by atoms with Gasteiger partial charge in [-0.2, -0.15) is 0 Å². The molecule has 3 aromatic carbocycles. The van der Waals surface area contributed by atoms with Crippen molar-refractivity contribution < 1.29 is 18.7 Å². The van der Waals surface area contributed by atoms with Crippen molar-refractivity contribution in [3.05, 3.63) is 100 Å². The predicted molar refractivity (Wildman–Crippen MR) is 152 cm³/mol. The Bertz CT molecular complexity index is 1270. The second-order valence-electron chi connectivity index (χ2n) is 10.7. The lowest BCUT2D eigenvalue weighted by Crippen LogP contribution is -2.53. The van der Waals surface area contributed by atoms with E-state index in [0.717, 1.165) is 47.9 Å². The van der Waals surface area contributed by atoms with E-state index in [0.29, 0.717) is 17.7 Å². The lowest BCUT2D eigenvalue weighted by Gasteiger charge is -2.33. The van der Waals surface area contributed by atoms with Gasteiger partial charge in [-0.1, -0.05) is 73.9 Å². The molecular formula is C33H39FN2O3. The van der Waals surface area contributed by atoms with Gasteiger partial charge in [0.1, 0.15) is 17.6 Å². The number of halogens is 1. The van der Waals surface area contributed by atoms with Crippen LogP contribution in [-0.2, 0) is 22.6 Å². The fraction of sp³-hybridized carbons (Fsp3) is 0.394. The molecule has 0 unspecified atom stereocenters. The van der Waals surface area contributed by atoms with Gasteiger partial charge in [-0.05, 0) is 68.0 Å². The van der Waals surface area contributed by atoms with Crippen LogP contribution in [0.25, 0.3) is 0 Å². The fourth-order valence-electron chi connectivity index (χ4n) is 5.28. The summed E-state index contributed by atoms with van der Waals surface area (Å²) in [5.74, 6) is -0.347. The molecule has 3 aromatic rings. The van der Waals surface area contributed by atoms with Gasteiger partial charge in [-0.15, -0.1) is 0 Å². The van der Waals surface area contributed by atoms with Crippen molar-refractivity contribution >= 4 is 11.8 Å². The molecule has 4 rings (SSSR count). The van der Waals surface area contributed by atoms with Crippen molar-refractivity contribution in [3.8, 4) is 5.75 Å². The predicted octanol–water partition coefficient (Wildman–Crippen LogP) is 6.22. The fourth-order valence-corrected chi connectivity index (χ4v) is 5.28. The molecule has 0 bridgehead atoms. The van der Waals surface area contributed by atoms with Crippen LogP contribution in [0, 0.1) is 26.6 Å². The van der Waals surface area contributed by atoms with Crippen molar-refractivity contribution in [1.82, 2.24) is 10.2 Å². The Labute approximate surface area is 231 Å². The summed E-state index contributed by atoms with van der Waals surface area (Å²) >= 11 is 0. The lowest BCUT2D eigenvalue weighted by atomic mass is 9.94. The van der Waals surface area contributed by atoms with E-state index in [1.807, 2.05) is 57.2 Å². The monoisotopic (exact) mass is 530 g/mol. The third-order valence-corrected chi connectivity index (χ3v) is 7.64. The third-order valence-electron chi connectivity index (χ3n) is 7.64. The molecule has 0 spiro atoms. The molecule has 206 valence electrons. The number of amides is 2. The SMILES string of the molecule is Cc1cc(C)c(C)c(OCC(=O)N(Cc2ccccc2F)[C@H](Cc2ccccc2)C(=O)NC2CCCCC2)c1. The highest BCUT2D eigenvalue weighted by atomic mass is 19.1. The van der Waals surface area contributed by atoms with Crippen LogP contribution < -0.4 is 10.1 Å². The van der Waals surface area contributed by atoms with Crippen molar-refractivity contribution in [3.63, 3.8) is 0 Å². The van der Waals surface area contributed by atoms with Crippen LogP contribution in [0.15, 0.2) is 66.7 Å². The van der Waals surface area contributed by atoms with Gasteiger partial charge in [0.2, 0.25) is 5.91 Å². The largest absolute Gasteiger partial charge is 0.483 e. The van der Waals surface area contributed by atoms with Gasteiger partial charge in [0.15, 0.2) is 6.61 Å². The second kappa shape index (κ2) is 13.4. The molecule has 1 aliphatic carbocycles. The first-order valence-corrected chi connectivity index (χ1v) is 13.9. The molecule has 6 heteroatoms. The first-order chi connectivity index (χ1) is 18.8. The molecule has 0 heterocycles. The normalized spacial score (nSPS) is 14.5. The molecule has 1 saturated carbocycles. The number of ether oxygens (including phenoxy) is 1. The molecule has 1 atom stereocenters. The molecule has 1 aliphatic rings. The third kappa shape index (κ3) is 7.69. The minimum atomic E-state index is -0.814. The van der Waals surface area contributed by atoms with Gasteiger partial charge < -0.3 is 15.0 Å². The summed E-state index contributed by atoms with van der Waals surface area (Å²) in [6, 6.07) is 19.3. The molecule has 0 saturated heterocycles. The smallest absolute Gasteiger partial charge is 0.261 e. The van der Waals surface area contributed by atoms with E-state index in [4.69, 9.17) is 4.74 Å². The van der Waals surface area contributed by atoms with E-state index in [1.54, 1.807) is 18.2 Å². The average molecular weight is 531 g/mol. The highest BCUT2D eigenvalue weighted by Gasteiger charge is 2.32. The number of aryl methyl sites for hydroxylation is 2. The van der Waals surface area contributed by atoms with Crippen LogP contribution >= 0.6 is 0 Å². The van der Waals surface area contributed by atoms with E-state index in [2.05, 4.69) is 11.4 Å². The lowest BCUT2D eigenvalue weighted by molar-refractivity contribution is -0.143. The Hall–Kier alpha value is -3.67. The molecule has 1 N–H and O–H groups in total. The molecule has 2 amide bonds. The minimum absolute atomic E-state index is 0.0315. The molecule has 1 fully saturated rings. The molecule has 0 radical (unpaired) electrons. The maximum Gasteiger partial charge on any atom is 0.261 e. The molecular weight excluding hydrogens is 491 g/mol. The number of carbonyl (C=O) groups is 2. The number of benzene rings is 3. The standard InChI is InChI=1S/C33H39FN2O3/c1-23-18-24(2)25(3)31(19-23)39-22-32(37)36(21-27-14-10-11-17-29(27)34)30(20-26-12-6-4-7-13-26)33(38)35-28-15-8-5-9-16-28/h4,6-7,10-14,17-19,28,30H,5,8-9,15-16,20-22H2,1-3H3,(H,35,38)/t30-/m1/s1. The van der Waals surface area contributed by atoms with Gasteiger partial charge >= 0.3 is 0 Å². The summed E-state index contributed by atoms with van der Waals surface area (Å²) < 4.78 is 20.8. The zero-order valence-corrected chi connectivity index (χ0v) is 23.2. The van der Waals surface area contributed by atoms with Gasteiger partial charge in [0.25, 0.3) is 5.91 Å². The van der Waals surface area contributed by atoms with Crippen LogP contribution in [0.3, 0.4) is 0 Å². The topological polar surface area (TPSA) is 58.6 Å². The molecule has 0 aliphatic heterocycles. The maximum atomic E-state index is 14.8. The first kappa shape index (κ1) is 28.3. The zero-order valence-electron chi connectivity index (χ0n) is 23.2. The van der Waals surface area contributed by atoms with Gasteiger partial charge in [-0.25, -0.2) is 4.39 Å². The minimum Gasteiger partial charge on any atom is -0.483 e. The Kier molecular flexibility index (Phi) is 9.74. The summed E-state index contributed by atoms with van der Waals surface area (Å²) in [4.78, 5) is 29.1. The van der Waals surface area contributed by atoms with Crippen LogP contribution in [0.5, 0.6) is 5.75 Å². The summed E-state index contributed by atoms with van der Waals surface area (Å²) in [5, 5.41) is 3.21. The Morgan fingerprint density at radius 1 is 0.974 bits per heavy atom. The van der Waals surface area contributed by atoms with E-state index in [-0.39, 0.29) is 31.0 Å². The number of nitrogens with zero attached hydrogens (tertiary/aromatic N) is 1. The van der Waals surface area contributed by atoms with Crippen LogP contribution in [0.1, 0.15) is 59.9 Å². The Morgan fingerprint density at radius 3 is 2.38 bits per heavy atom. The number of nitrogens with one attached hydrogen (secondary N) is 1.